The Kier molecular flexibility index (Phi) is 5.37. The van der Waals surface area contributed by atoms with Gasteiger partial charge in [0.15, 0.2) is 0 Å². The molecule has 1 aliphatic rings. The fraction of sp³-hybridized carbons (Fsp3) is 0.769. The van der Waals surface area contributed by atoms with Crippen LogP contribution < -0.4 is 4.72 Å². The molecule has 0 radical (unpaired) electrons. The average Bonchev–Trinajstić information content (AvgIpc) is 2.73. The zero-order valence-electron chi connectivity index (χ0n) is 12.5. The molecule has 1 aliphatic heterocycles. The molecule has 1 aromatic rings. The Hall–Kier alpha value is -0.960. The van der Waals surface area contributed by atoms with E-state index < -0.39 is 10.0 Å². The van der Waals surface area contributed by atoms with Crippen LogP contribution in [0.15, 0.2) is 4.90 Å². The summed E-state index contributed by atoms with van der Waals surface area (Å²) >= 11 is 0. The molecule has 1 aromatic heterocycles. The molecule has 0 aromatic carbocycles. The van der Waals surface area contributed by atoms with Crippen LogP contribution in [0.4, 0.5) is 0 Å². The maximum atomic E-state index is 12.5. The molecule has 2 N–H and O–H groups in total. The molecule has 1 fully saturated rings. The van der Waals surface area contributed by atoms with E-state index in [1.807, 2.05) is 0 Å². The lowest BCUT2D eigenvalue weighted by atomic mass is 10.1. The van der Waals surface area contributed by atoms with Crippen molar-refractivity contribution >= 4 is 10.0 Å². The Morgan fingerprint density at radius 1 is 1.43 bits per heavy atom. The van der Waals surface area contributed by atoms with E-state index in [9.17, 15) is 8.42 Å². The summed E-state index contributed by atoms with van der Waals surface area (Å²) in [5, 5.41) is 13.1. The number of hydrogen-bond acceptors (Lipinski definition) is 5. The molecule has 21 heavy (non-hydrogen) atoms. The highest BCUT2D eigenvalue weighted by Gasteiger charge is 2.25. The third kappa shape index (κ3) is 3.82. The minimum Gasteiger partial charge on any atom is -0.394 e. The number of hydrogen-bond donors (Lipinski definition) is 2. The minimum absolute atomic E-state index is 0.0541. The van der Waals surface area contributed by atoms with Crippen molar-refractivity contribution in [2.75, 3.05) is 19.8 Å². The quantitative estimate of drug-likeness (QED) is 0.789. The first kappa shape index (κ1) is 16.4. The van der Waals surface area contributed by atoms with Crippen LogP contribution in [0.2, 0.25) is 0 Å². The van der Waals surface area contributed by atoms with Crippen LogP contribution in [0.5, 0.6) is 0 Å². The molecular weight excluding hydrogens is 294 g/mol. The second kappa shape index (κ2) is 6.87. The second-order valence-electron chi connectivity index (χ2n) is 5.29. The first-order valence-corrected chi connectivity index (χ1v) is 8.70. The molecule has 2 heterocycles. The summed E-state index contributed by atoms with van der Waals surface area (Å²) in [4.78, 5) is 0.201. The van der Waals surface area contributed by atoms with Crippen molar-refractivity contribution < 1.29 is 18.3 Å². The number of rotatable bonds is 6. The zero-order chi connectivity index (χ0) is 15.5. The normalized spacial score (nSPS) is 19.9. The monoisotopic (exact) mass is 317 g/mol. The highest BCUT2D eigenvalue weighted by Crippen LogP contribution is 2.20. The van der Waals surface area contributed by atoms with Gasteiger partial charge in [0.25, 0.3) is 0 Å². The van der Waals surface area contributed by atoms with Crippen molar-refractivity contribution in [1.82, 2.24) is 14.5 Å². The molecule has 0 bridgehead atoms. The van der Waals surface area contributed by atoms with Gasteiger partial charge in [0.1, 0.15) is 4.90 Å². The first-order valence-electron chi connectivity index (χ1n) is 7.22. The van der Waals surface area contributed by atoms with E-state index in [0.29, 0.717) is 18.0 Å². The predicted octanol–water partition coefficient (Wildman–Crippen LogP) is 0.340. The summed E-state index contributed by atoms with van der Waals surface area (Å²) in [6, 6.07) is 0. The van der Waals surface area contributed by atoms with Crippen molar-refractivity contribution in [3.63, 3.8) is 0 Å². The Morgan fingerprint density at radius 2 is 2.19 bits per heavy atom. The van der Waals surface area contributed by atoms with Crippen LogP contribution in [0.1, 0.15) is 30.7 Å². The van der Waals surface area contributed by atoms with E-state index in [0.717, 1.165) is 19.3 Å². The molecule has 0 spiro atoms. The van der Waals surface area contributed by atoms with Crippen LogP contribution in [0, 0.1) is 13.8 Å². The number of aryl methyl sites for hydroxylation is 1. The Bertz CT molecular complexity index is 576. The summed E-state index contributed by atoms with van der Waals surface area (Å²) in [5.41, 5.74) is 0.983. The Balaban J connectivity index is 2.11. The lowest BCUT2D eigenvalue weighted by Gasteiger charge is -2.22. The molecule has 8 heteroatoms. The van der Waals surface area contributed by atoms with Gasteiger partial charge in [-0.3, -0.25) is 4.68 Å². The first-order chi connectivity index (χ1) is 9.95. The van der Waals surface area contributed by atoms with Gasteiger partial charge in [-0.05, 0) is 33.1 Å². The molecule has 0 amide bonds. The number of sulfonamides is 1. The van der Waals surface area contributed by atoms with Crippen molar-refractivity contribution in [2.24, 2.45) is 0 Å². The van der Waals surface area contributed by atoms with Gasteiger partial charge in [-0.15, -0.1) is 0 Å². The highest BCUT2D eigenvalue weighted by atomic mass is 32.2. The summed E-state index contributed by atoms with van der Waals surface area (Å²) in [6.45, 7) is 4.54. The van der Waals surface area contributed by atoms with Crippen LogP contribution in [0.3, 0.4) is 0 Å². The van der Waals surface area contributed by atoms with Crippen LogP contribution in [0.25, 0.3) is 0 Å². The van der Waals surface area contributed by atoms with Crippen LogP contribution in [-0.4, -0.2) is 49.2 Å². The van der Waals surface area contributed by atoms with E-state index in [-0.39, 0.29) is 30.7 Å². The summed E-state index contributed by atoms with van der Waals surface area (Å²) in [5.74, 6) is 0. The topological polar surface area (TPSA) is 93.5 Å². The van der Waals surface area contributed by atoms with E-state index in [1.54, 1.807) is 13.8 Å². The van der Waals surface area contributed by atoms with Gasteiger partial charge in [0.2, 0.25) is 10.0 Å². The lowest BCUT2D eigenvalue weighted by molar-refractivity contribution is 0.0200. The number of nitrogens with one attached hydrogen (secondary N) is 1. The van der Waals surface area contributed by atoms with Crippen molar-refractivity contribution in [2.45, 2.75) is 50.7 Å². The van der Waals surface area contributed by atoms with Gasteiger partial charge >= 0.3 is 0 Å². The molecular formula is C13H23N3O4S. The molecule has 0 aliphatic carbocycles. The van der Waals surface area contributed by atoms with Crippen molar-refractivity contribution in [1.29, 1.82) is 0 Å². The molecule has 0 saturated carbocycles. The van der Waals surface area contributed by atoms with Gasteiger partial charge in [0.05, 0.1) is 30.6 Å². The SMILES string of the molecule is Cc1nn(CCO)c(C)c1S(=O)(=O)NCC1CCCCO1. The maximum Gasteiger partial charge on any atom is 0.244 e. The number of aliphatic hydroxyl groups excluding tert-OH is 1. The molecule has 1 unspecified atom stereocenters. The average molecular weight is 317 g/mol. The molecule has 2 rings (SSSR count). The number of aliphatic hydroxyl groups is 1. The number of ether oxygens (including phenoxy) is 1. The Morgan fingerprint density at radius 3 is 2.81 bits per heavy atom. The summed E-state index contributed by atoms with van der Waals surface area (Å²) in [7, 11) is -3.61. The van der Waals surface area contributed by atoms with E-state index in [2.05, 4.69) is 9.82 Å². The van der Waals surface area contributed by atoms with Gasteiger partial charge in [-0.2, -0.15) is 5.10 Å². The largest absolute Gasteiger partial charge is 0.394 e. The standard InChI is InChI=1S/C13H23N3O4S/c1-10-13(11(2)16(15-10)6-7-17)21(18,19)14-9-12-5-3-4-8-20-12/h12,14,17H,3-9H2,1-2H3. The minimum atomic E-state index is -3.61. The van der Waals surface area contributed by atoms with Gasteiger partial charge in [0, 0.05) is 13.2 Å². The second-order valence-corrected chi connectivity index (χ2v) is 6.99. The van der Waals surface area contributed by atoms with Gasteiger partial charge < -0.3 is 9.84 Å². The van der Waals surface area contributed by atoms with Gasteiger partial charge in [-0.1, -0.05) is 0 Å². The predicted molar refractivity (Wildman–Crippen MR) is 77.6 cm³/mol. The number of aromatic nitrogens is 2. The molecule has 7 nitrogen and oxygen atoms in total. The van der Waals surface area contributed by atoms with E-state index in [4.69, 9.17) is 9.84 Å². The number of nitrogens with zero attached hydrogens (tertiary/aromatic N) is 2. The maximum absolute atomic E-state index is 12.5. The third-order valence-corrected chi connectivity index (χ3v) is 5.35. The van der Waals surface area contributed by atoms with Gasteiger partial charge in [-0.25, -0.2) is 13.1 Å². The van der Waals surface area contributed by atoms with E-state index in [1.165, 1.54) is 4.68 Å². The highest BCUT2D eigenvalue weighted by molar-refractivity contribution is 7.89. The summed E-state index contributed by atoms with van der Waals surface area (Å²) < 4.78 is 34.6. The molecule has 1 atom stereocenters. The Labute approximate surface area is 125 Å². The van der Waals surface area contributed by atoms with Crippen molar-refractivity contribution in [3.8, 4) is 0 Å². The van der Waals surface area contributed by atoms with Crippen LogP contribution in [-0.2, 0) is 21.3 Å². The molecule has 120 valence electrons. The fourth-order valence-corrected chi connectivity index (χ4v) is 4.10. The lowest BCUT2D eigenvalue weighted by Crippen LogP contribution is -2.35. The molecule has 1 saturated heterocycles. The third-order valence-electron chi connectivity index (χ3n) is 3.67. The van der Waals surface area contributed by atoms with Crippen molar-refractivity contribution in [3.05, 3.63) is 11.4 Å². The smallest absolute Gasteiger partial charge is 0.244 e. The summed E-state index contributed by atoms with van der Waals surface area (Å²) in [6.07, 6.45) is 2.93. The fourth-order valence-electron chi connectivity index (χ4n) is 2.63. The van der Waals surface area contributed by atoms with E-state index >= 15 is 0 Å². The zero-order valence-corrected chi connectivity index (χ0v) is 13.3. The van der Waals surface area contributed by atoms with Crippen LogP contribution >= 0.6 is 0 Å².